The Kier molecular flexibility index (Phi) is 3.78. The van der Waals surface area contributed by atoms with Crippen molar-refractivity contribution in [2.75, 3.05) is 31.1 Å². The van der Waals surface area contributed by atoms with Crippen LogP contribution in [-0.4, -0.2) is 40.9 Å². The van der Waals surface area contributed by atoms with E-state index in [0.717, 1.165) is 38.0 Å². The second kappa shape index (κ2) is 5.88. The molecule has 1 fully saturated rings. The molecule has 0 saturated carbocycles. The van der Waals surface area contributed by atoms with Crippen molar-refractivity contribution in [3.05, 3.63) is 41.7 Å². The summed E-state index contributed by atoms with van der Waals surface area (Å²) >= 11 is 0. The first-order valence-corrected chi connectivity index (χ1v) is 6.93. The standard InChI is InChI=1S/C15H19N5/c1-19-14(8-7-13-5-3-2-4-6-13)17-18-15(19)20-11-9-16-10-12-20/h2-8,16H,9-12H2,1H3/b8-7+. The number of nitrogens with one attached hydrogen (secondary N) is 1. The third-order valence-corrected chi connectivity index (χ3v) is 3.51. The molecule has 0 atom stereocenters. The van der Waals surface area contributed by atoms with Gasteiger partial charge in [-0.25, -0.2) is 0 Å². The van der Waals surface area contributed by atoms with E-state index in [1.807, 2.05) is 35.9 Å². The first-order chi connectivity index (χ1) is 9.84. The van der Waals surface area contributed by atoms with Crippen LogP contribution in [0, 0.1) is 0 Å². The fourth-order valence-corrected chi connectivity index (χ4v) is 2.35. The SMILES string of the molecule is Cn1c(/C=C/c2ccccc2)nnc1N1CCNCC1. The summed E-state index contributed by atoms with van der Waals surface area (Å²) in [5.41, 5.74) is 1.17. The molecule has 0 radical (unpaired) electrons. The molecule has 104 valence electrons. The van der Waals surface area contributed by atoms with Crippen LogP contribution in [-0.2, 0) is 7.05 Å². The predicted octanol–water partition coefficient (Wildman–Crippen LogP) is 1.40. The van der Waals surface area contributed by atoms with Crippen molar-refractivity contribution >= 4 is 18.1 Å². The highest BCUT2D eigenvalue weighted by atomic mass is 15.4. The Morgan fingerprint density at radius 1 is 1.05 bits per heavy atom. The van der Waals surface area contributed by atoms with E-state index >= 15 is 0 Å². The number of rotatable bonds is 3. The summed E-state index contributed by atoms with van der Waals surface area (Å²) in [6, 6.07) is 10.2. The van der Waals surface area contributed by atoms with Gasteiger partial charge in [0.25, 0.3) is 0 Å². The van der Waals surface area contributed by atoms with Gasteiger partial charge in [-0.1, -0.05) is 36.4 Å². The first-order valence-electron chi connectivity index (χ1n) is 6.93. The van der Waals surface area contributed by atoms with Crippen molar-refractivity contribution in [1.82, 2.24) is 20.1 Å². The molecule has 1 aliphatic rings. The van der Waals surface area contributed by atoms with Gasteiger partial charge in [-0.2, -0.15) is 0 Å². The summed E-state index contributed by atoms with van der Waals surface area (Å²) in [6.07, 6.45) is 4.07. The minimum atomic E-state index is 0.877. The Balaban J connectivity index is 1.78. The van der Waals surface area contributed by atoms with Crippen LogP contribution in [0.4, 0.5) is 5.95 Å². The summed E-state index contributed by atoms with van der Waals surface area (Å²) in [4.78, 5) is 2.27. The zero-order valence-corrected chi connectivity index (χ0v) is 11.7. The van der Waals surface area contributed by atoms with Crippen molar-refractivity contribution < 1.29 is 0 Å². The lowest BCUT2D eigenvalue weighted by molar-refractivity contribution is 0.573. The van der Waals surface area contributed by atoms with Crippen LogP contribution in [0.25, 0.3) is 12.2 Å². The van der Waals surface area contributed by atoms with Crippen LogP contribution in [0.3, 0.4) is 0 Å². The van der Waals surface area contributed by atoms with E-state index in [9.17, 15) is 0 Å². The monoisotopic (exact) mass is 269 g/mol. The third-order valence-electron chi connectivity index (χ3n) is 3.51. The first kappa shape index (κ1) is 12.9. The molecule has 3 rings (SSSR count). The number of hydrogen-bond donors (Lipinski definition) is 1. The van der Waals surface area contributed by atoms with Gasteiger partial charge in [-0.15, -0.1) is 10.2 Å². The maximum absolute atomic E-state index is 4.31. The fourth-order valence-electron chi connectivity index (χ4n) is 2.35. The van der Waals surface area contributed by atoms with E-state index in [1.54, 1.807) is 0 Å². The highest BCUT2D eigenvalue weighted by Crippen LogP contribution is 2.14. The molecule has 2 aromatic rings. The molecule has 1 N–H and O–H groups in total. The van der Waals surface area contributed by atoms with Crippen LogP contribution in [0.5, 0.6) is 0 Å². The molecule has 0 unspecified atom stereocenters. The minimum absolute atomic E-state index is 0.877. The smallest absolute Gasteiger partial charge is 0.227 e. The average molecular weight is 269 g/mol. The third kappa shape index (κ3) is 2.72. The van der Waals surface area contributed by atoms with Gasteiger partial charge in [0.1, 0.15) is 0 Å². The largest absolute Gasteiger partial charge is 0.338 e. The molecule has 0 spiro atoms. The zero-order valence-electron chi connectivity index (χ0n) is 11.7. The number of anilines is 1. The molecular formula is C15H19N5. The molecular weight excluding hydrogens is 250 g/mol. The molecule has 1 saturated heterocycles. The van der Waals surface area contributed by atoms with E-state index < -0.39 is 0 Å². The van der Waals surface area contributed by atoms with Crippen molar-refractivity contribution in [3.63, 3.8) is 0 Å². The lowest BCUT2D eigenvalue weighted by Gasteiger charge is -2.27. The number of piperazine rings is 1. The number of nitrogens with zero attached hydrogens (tertiary/aromatic N) is 4. The van der Waals surface area contributed by atoms with Gasteiger partial charge in [0.15, 0.2) is 5.82 Å². The number of benzene rings is 1. The van der Waals surface area contributed by atoms with Gasteiger partial charge in [0.05, 0.1) is 0 Å². The Morgan fingerprint density at radius 3 is 2.55 bits per heavy atom. The topological polar surface area (TPSA) is 46.0 Å². The van der Waals surface area contributed by atoms with Gasteiger partial charge in [0.2, 0.25) is 5.95 Å². The quantitative estimate of drug-likeness (QED) is 0.915. The fraction of sp³-hybridized carbons (Fsp3) is 0.333. The van der Waals surface area contributed by atoms with Crippen LogP contribution in [0.15, 0.2) is 30.3 Å². The number of hydrogen-bond acceptors (Lipinski definition) is 4. The molecule has 0 amide bonds. The van der Waals surface area contributed by atoms with E-state index in [0.29, 0.717) is 0 Å². The predicted molar refractivity (Wildman–Crippen MR) is 81.5 cm³/mol. The van der Waals surface area contributed by atoms with Crippen LogP contribution in [0.1, 0.15) is 11.4 Å². The molecule has 5 heteroatoms. The van der Waals surface area contributed by atoms with Crippen molar-refractivity contribution in [1.29, 1.82) is 0 Å². The Morgan fingerprint density at radius 2 is 1.80 bits per heavy atom. The zero-order chi connectivity index (χ0) is 13.8. The maximum Gasteiger partial charge on any atom is 0.227 e. The molecule has 1 aromatic heterocycles. The van der Waals surface area contributed by atoms with Gasteiger partial charge < -0.3 is 10.2 Å². The summed E-state index contributed by atoms with van der Waals surface area (Å²) in [7, 11) is 2.02. The van der Waals surface area contributed by atoms with E-state index in [2.05, 4.69) is 38.6 Å². The highest BCUT2D eigenvalue weighted by Gasteiger charge is 2.16. The average Bonchev–Trinajstić information content (AvgIpc) is 2.88. The second-order valence-corrected chi connectivity index (χ2v) is 4.90. The van der Waals surface area contributed by atoms with E-state index in [1.165, 1.54) is 5.56 Å². The summed E-state index contributed by atoms with van der Waals surface area (Å²) < 4.78 is 2.05. The molecule has 5 nitrogen and oxygen atoms in total. The molecule has 1 aliphatic heterocycles. The van der Waals surface area contributed by atoms with Crippen LogP contribution in [0.2, 0.25) is 0 Å². The molecule has 20 heavy (non-hydrogen) atoms. The molecule has 0 aliphatic carbocycles. The lowest BCUT2D eigenvalue weighted by atomic mass is 10.2. The Labute approximate surface area is 118 Å². The second-order valence-electron chi connectivity index (χ2n) is 4.90. The number of aromatic nitrogens is 3. The Hall–Kier alpha value is -2.14. The van der Waals surface area contributed by atoms with E-state index in [4.69, 9.17) is 0 Å². The van der Waals surface area contributed by atoms with Gasteiger partial charge >= 0.3 is 0 Å². The molecule has 1 aromatic carbocycles. The van der Waals surface area contributed by atoms with Crippen LogP contribution >= 0.6 is 0 Å². The molecule has 2 heterocycles. The highest BCUT2D eigenvalue weighted by molar-refractivity contribution is 5.67. The van der Waals surface area contributed by atoms with Crippen LogP contribution < -0.4 is 10.2 Å². The normalized spacial score (nSPS) is 15.9. The van der Waals surface area contributed by atoms with Crippen molar-refractivity contribution in [2.45, 2.75) is 0 Å². The summed E-state index contributed by atoms with van der Waals surface area (Å²) in [6.45, 7) is 3.97. The maximum atomic E-state index is 4.31. The van der Waals surface area contributed by atoms with Gasteiger partial charge in [-0.05, 0) is 11.6 Å². The van der Waals surface area contributed by atoms with Gasteiger partial charge in [-0.3, -0.25) is 4.57 Å². The summed E-state index contributed by atoms with van der Waals surface area (Å²) in [5, 5.41) is 11.9. The van der Waals surface area contributed by atoms with Crippen molar-refractivity contribution in [2.24, 2.45) is 7.05 Å². The van der Waals surface area contributed by atoms with Gasteiger partial charge in [0, 0.05) is 33.2 Å². The lowest BCUT2D eigenvalue weighted by Crippen LogP contribution is -2.44. The summed E-state index contributed by atoms with van der Waals surface area (Å²) in [5.74, 6) is 1.82. The molecule has 0 bridgehead atoms. The minimum Gasteiger partial charge on any atom is -0.338 e. The van der Waals surface area contributed by atoms with Crippen molar-refractivity contribution in [3.8, 4) is 0 Å². The van der Waals surface area contributed by atoms with E-state index in [-0.39, 0.29) is 0 Å². The Bertz CT molecular complexity index is 582.